The molecular weight excluding hydrogens is 339 g/mol. The molecule has 0 aliphatic heterocycles. The van der Waals surface area contributed by atoms with Crippen molar-refractivity contribution in [1.82, 2.24) is 10.0 Å². The number of rotatable bonds is 9. The zero-order chi connectivity index (χ0) is 18.3. The molecule has 1 atom stereocenters. The molecule has 0 fully saturated rings. The van der Waals surface area contributed by atoms with E-state index in [1.807, 2.05) is 13.8 Å². The third-order valence-electron chi connectivity index (χ3n) is 3.11. The average Bonchev–Trinajstić information content (AvgIpc) is 2.46. The van der Waals surface area contributed by atoms with Crippen LogP contribution in [0.4, 0.5) is 4.39 Å². The van der Waals surface area contributed by atoms with E-state index in [4.69, 9.17) is 5.11 Å². The molecule has 0 saturated heterocycles. The molecule has 3 N–H and O–H groups in total. The molecule has 134 valence electrons. The second kappa shape index (κ2) is 8.74. The standard InChI is InChI=1S/C15H21FN2O5S/c1-10(2)9-12(15(20)21)18-14(19)7-8-17-24(22,23)13-6-4-3-5-11(13)16/h3-6,10,12,17H,7-9H2,1-2H3,(H,18,19)(H,20,21)/t12-/m1/s1. The van der Waals surface area contributed by atoms with Crippen LogP contribution in [0.5, 0.6) is 0 Å². The van der Waals surface area contributed by atoms with Gasteiger partial charge in [0.15, 0.2) is 0 Å². The number of sulfonamides is 1. The molecule has 0 aliphatic rings. The predicted molar refractivity (Wildman–Crippen MR) is 85.2 cm³/mol. The highest BCUT2D eigenvalue weighted by molar-refractivity contribution is 7.89. The van der Waals surface area contributed by atoms with Gasteiger partial charge < -0.3 is 10.4 Å². The number of carbonyl (C=O) groups is 2. The number of carbonyl (C=O) groups excluding carboxylic acids is 1. The van der Waals surface area contributed by atoms with Crippen molar-refractivity contribution in [2.45, 2.75) is 37.6 Å². The van der Waals surface area contributed by atoms with E-state index in [9.17, 15) is 22.4 Å². The van der Waals surface area contributed by atoms with Crippen molar-refractivity contribution in [1.29, 1.82) is 0 Å². The lowest BCUT2D eigenvalue weighted by Crippen LogP contribution is -2.42. The van der Waals surface area contributed by atoms with Crippen LogP contribution in [0.15, 0.2) is 29.2 Å². The maximum atomic E-state index is 13.5. The van der Waals surface area contributed by atoms with Crippen LogP contribution in [0.3, 0.4) is 0 Å². The summed E-state index contributed by atoms with van der Waals surface area (Å²) in [6.45, 7) is 3.38. The van der Waals surface area contributed by atoms with Gasteiger partial charge in [0.1, 0.15) is 16.8 Å². The van der Waals surface area contributed by atoms with E-state index in [0.717, 1.165) is 12.1 Å². The molecule has 0 unspecified atom stereocenters. The Labute approximate surface area is 140 Å². The molecule has 1 amide bonds. The molecular formula is C15H21FN2O5S. The van der Waals surface area contributed by atoms with Gasteiger partial charge in [-0.2, -0.15) is 0 Å². The van der Waals surface area contributed by atoms with Crippen molar-refractivity contribution >= 4 is 21.9 Å². The SMILES string of the molecule is CC(C)C[C@@H](NC(=O)CCNS(=O)(=O)c1ccccc1F)C(=O)O. The molecule has 1 rings (SSSR count). The summed E-state index contributed by atoms with van der Waals surface area (Å²) in [5, 5.41) is 11.4. The molecule has 0 spiro atoms. The second-order valence-corrected chi connectivity index (χ2v) is 7.40. The van der Waals surface area contributed by atoms with Crippen molar-refractivity contribution in [2.24, 2.45) is 5.92 Å². The van der Waals surface area contributed by atoms with Crippen LogP contribution >= 0.6 is 0 Å². The Morgan fingerprint density at radius 3 is 2.42 bits per heavy atom. The van der Waals surface area contributed by atoms with E-state index >= 15 is 0 Å². The predicted octanol–water partition coefficient (Wildman–Crippen LogP) is 1.11. The Morgan fingerprint density at radius 2 is 1.88 bits per heavy atom. The first-order chi connectivity index (χ1) is 11.1. The van der Waals surface area contributed by atoms with E-state index in [-0.39, 0.29) is 25.3 Å². The van der Waals surface area contributed by atoms with Crippen molar-refractivity contribution in [2.75, 3.05) is 6.54 Å². The lowest BCUT2D eigenvalue weighted by molar-refractivity contribution is -0.142. The van der Waals surface area contributed by atoms with Gasteiger partial charge in [0, 0.05) is 13.0 Å². The quantitative estimate of drug-likeness (QED) is 0.611. The Hall–Kier alpha value is -2.00. The molecule has 0 aromatic heterocycles. The minimum Gasteiger partial charge on any atom is -0.480 e. The monoisotopic (exact) mass is 360 g/mol. The lowest BCUT2D eigenvalue weighted by atomic mass is 10.0. The Bertz CT molecular complexity index is 691. The number of carboxylic acid groups (broad SMARTS) is 1. The summed E-state index contributed by atoms with van der Waals surface area (Å²) >= 11 is 0. The minimum atomic E-state index is -4.07. The maximum absolute atomic E-state index is 13.5. The number of hydrogen-bond acceptors (Lipinski definition) is 4. The number of amides is 1. The summed E-state index contributed by atoms with van der Waals surface area (Å²) in [4.78, 5) is 22.3. The average molecular weight is 360 g/mol. The first-order valence-electron chi connectivity index (χ1n) is 7.40. The van der Waals surface area contributed by atoms with Gasteiger partial charge in [-0.15, -0.1) is 0 Å². The lowest BCUT2D eigenvalue weighted by Gasteiger charge is -2.16. The van der Waals surface area contributed by atoms with Crippen LogP contribution in [0.2, 0.25) is 0 Å². The van der Waals surface area contributed by atoms with Gasteiger partial charge in [0.05, 0.1) is 0 Å². The van der Waals surface area contributed by atoms with E-state index in [1.54, 1.807) is 0 Å². The summed E-state index contributed by atoms with van der Waals surface area (Å²) < 4.78 is 39.5. The highest BCUT2D eigenvalue weighted by atomic mass is 32.2. The van der Waals surface area contributed by atoms with Crippen LogP contribution in [-0.4, -0.2) is 38.0 Å². The Morgan fingerprint density at radius 1 is 1.25 bits per heavy atom. The fourth-order valence-electron chi connectivity index (χ4n) is 2.00. The highest BCUT2D eigenvalue weighted by Crippen LogP contribution is 2.12. The van der Waals surface area contributed by atoms with E-state index < -0.39 is 38.7 Å². The van der Waals surface area contributed by atoms with Crippen LogP contribution in [0.1, 0.15) is 26.7 Å². The number of aliphatic carboxylic acids is 1. The van der Waals surface area contributed by atoms with Gasteiger partial charge in [0.2, 0.25) is 15.9 Å². The highest BCUT2D eigenvalue weighted by Gasteiger charge is 2.22. The molecule has 1 aromatic rings. The zero-order valence-electron chi connectivity index (χ0n) is 13.5. The van der Waals surface area contributed by atoms with Gasteiger partial charge in [-0.25, -0.2) is 22.3 Å². The van der Waals surface area contributed by atoms with Crippen LogP contribution in [0, 0.1) is 11.7 Å². The van der Waals surface area contributed by atoms with Gasteiger partial charge in [-0.1, -0.05) is 26.0 Å². The summed E-state index contributed by atoms with van der Waals surface area (Å²) in [5.41, 5.74) is 0. The van der Waals surface area contributed by atoms with Crippen molar-refractivity contribution in [3.05, 3.63) is 30.1 Å². The van der Waals surface area contributed by atoms with E-state index in [1.165, 1.54) is 12.1 Å². The van der Waals surface area contributed by atoms with Gasteiger partial charge in [0.25, 0.3) is 0 Å². The number of halogens is 1. The third-order valence-corrected chi connectivity index (χ3v) is 4.61. The third kappa shape index (κ3) is 6.25. The number of hydrogen-bond donors (Lipinski definition) is 3. The molecule has 7 nitrogen and oxygen atoms in total. The Kier molecular flexibility index (Phi) is 7.30. The molecule has 24 heavy (non-hydrogen) atoms. The zero-order valence-corrected chi connectivity index (χ0v) is 14.3. The van der Waals surface area contributed by atoms with Crippen LogP contribution < -0.4 is 10.0 Å². The van der Waals surface area contributed by atoms with Crippen molar-refractivity contribution in [3.8, 4) is 0 Å². The van der Waals surface area contributed by atoms with Crippen molar-refractivity contribution in [3.63, 3.8) is 0 Å². The van der Waals surface area contributed by atoms with Crippen molar-refractivity contribution < 1.29 is 27.5 Å². The summed E-state index contributed by atoms with van der Waals surface area (Å²) in [6, 6.07) is 3.85. The van der Waals surface area contributed by atoms with E-state index in [0.29, 0.717) is 0 Å². The van der Waals surface area contributed by atoms with Crippen LogP contribution in [0.25, 0.3) is 0 Å². The smallest absolute Gasteiger partial charge is 0.326 e. The largest absolute Gasteiger partial charge is 0.480 e. The molecule has 1 aromatic carbocycles. The summed E-state index contributed by atoms with van der Waals surface area (Å²) in [7, 11) is -4.07. The van der Waals surface area contributed by atoms with Gasteiger partial charge >= 0.3 is 5.97 Å². The molecule has 0 heterocycles. The molecule has 0 aliphatic carbocycles. The molecule has 0 radical (unpaired) electrons. The fraction of sp³-hybridized carbons (Fsp3) is 0.467. The summed E-state index contributed by atoms with van der Waals surface area (Å²) in [5.74, 6) is -2.56. The van der Waals surface area contributed by atoms with Gasteiger partial charge in [-0.3, -0.25) is 4.79 Å². The molecule has 9 heteroatoms. The summed E-state index contributed by atoms with van der Waals surface area (Å²) in [6.07, 6.45) is 0.0115. The molecule has 0 saturated carbocycles. The van der Waals surface area contributed by atoms with Gasteiger partial charge in [-0.05, 0) is 24.5 Å². The minimum absolute atomic E-state index is 0.0750. The maximum Gasteiger partial charge on any atom is 0.326 e. The first-order valence-corrected chi connectivity index (χ1v) is 8.88. The number of benzene rings is 1. The molecule has 0 bridgehead atoms. The topological polar surface area (TPSA) is 113 Å². The number of carboxylic acids is 1. The Balaban J connectivity index is 2.56. The fourth-order valence-corrected chi connectivity index (χ4v) is 3.11. The van der Waals surface area contributed by atoms with E-state index in [2.05, 4.69) is 10.0 Å². The normalized spacial score (nSPS) is 12.8. The number of nitrogens with one attached hydrogen (secondary N) is 2. The first kappa shape index (κ1) is 20.0. The van der Waals surface area contributed by atoms with Crippen LogP contribution in [-0.2, 0) is 19.6 Å². The second-order valence-electron chi connectivity index (χ2n) is 5.67.